The Morgan fingerprint density at radius 2 is 1.71 bits per heavy atom. The number of fused-ring (bicyclic) bond motifs is 1. The van der Waals surface area contributed by atoms with Crippen molar-refractivity contribution in [3.8, 4) is 17.2 Å². The number of ketones is 1. The van der Waals surface area contributed by atoms with Gasteiger partial charge in [0, 0.05) is 19.2 Å². The van der Waals surface area contributed by atoms with Gasteiger partial charge in [-0.05, 0) is 35.9 Å². The number of carbonyl (C=O) groups excluding carboxylic acids is 3. The molecule has 0 saturated heterocycles. The zero-order valence-electron chi connectivity index (χ0n) is 19.6. The molecule has 180 valence electrons. The van der Waals surface area contributed by atoms with Crippen LogP contribution in [0.5, 0.6) is 17.2 Å². The molecular formula is C27H26N2O6. The number of carbonyl (C=O) groups is 3. The average Bonchev–Trinajstić information content (AvgIpc) is 2.89. The highest BCUT2D eigenvalue weighted by Gasteiger charge is 2.29. The molecule has 0 N–H and O–H groups in total. The highest BCUT2D eigenvalue weighted by Crippen LogP contribution is 2.33. The molecule has 3 aromatic carbocycles. The van der Waals surface area contributed by atoms with Crippen LogP contribution in [0.4, 0.5) is 5.69 Å². The predicted molar refractivity (Wildman–Crippen MR) is 130 cm³/mol. The lowest BCUT2D eigenvalue weighted by molar-refractivity contribution is -0.131. The molecule has 0 fully saturated rings. The fraction of sp³-hybridized carbons (Fsp3) is 0.222. The van der Waals surface area contributed by atoms with Crippen LogP contribution in [0, 0.1) is 0 Å². The van der Waals surface area contributed by atoms with Crippen molar-refractivity contribution in [2.24, 2.45) is 0 Å². The van der Waals surface area contributed by atoms with Gasteiger partial charge in [-0.2, -0.15) is 0 Å². The highest BCUT2D eigenvalue weighted by molar-refractivity contribution is 6.04. The third kappa shape index (κ3) is 5.60. The molecule has 1 aliphatic heterocycles. The Kier molecular flexibility index (Phi) is 7.30. The summed E-state index contributed by atoms with van der Waals surface area (Å²) >= 11 is 0. The summed E-state index contributed by atoms with van der Waals surface area (Å²) in [4.78, 5) is 41.3. The minimum atomic E-state index is -0.353. The van der Waals surface area contributed by atoms with Crippen molar-refractivity contribution in [1.82, 2.24) is 4.90 Å². The third-order valence-corrected chi connectivity index (χ3v) is 5.63. The molecule has 0 spiro atoms. The number of para-hydroxylation sites is 2. The molecule has 8 nitrogen and oxygen atoms in total. The maximum Gasteiger partial charge on any atom is 0.265 e. The summed E-state index contributed by atoms with van der Waals surface area (Å²) in [6.07, 6.45) is 0. The van der Waals surface area contributed by atoms with Gasteiger partial charge in [0.15, 0.2) is 30.5 Å². The second-order valence-corrected chi connectivity index (χ2v) is 8.05. The quantitative estimate of drug-likeness (QED) is 0.442. The van der Waals surface area contributed by atoms with Crippen molar-refractivity contribution in [2.75, 3.05) is 38.8 Å². The lowest BCUT2D eigenvalue weighted by atomic mass is 10.1. The van der Waals surface area contributed by atoms with Crippen LogP contribution in [0.15, 0.2) is 72.8 Å². The molecule has 35 heavy (non-hydrogen) atoms. The molecule has 0 saturated carbocycles. The van der Waals surface area contributed by atoms with Crippen LogP contribution >= 0.6 is 0 Å². The van der Waals surface area contributed by atoms with Gasteiger partial charge >= 0.3 is 0 Å². The number of anilines is 1. The molecule has 4 rings (SSSR count). The van der Waals surface area contributed by atoms with Crippen LogP contribution in [-0.4, -0.2) is 56.4 Å². The Labute approximate surface area is 203 Å². The number of hydrogen-bond acceptors (Lipinski definition) is 6. The van der Waals surface area contributed by atoms with Crippen LogP contribution < -0.4 is 19.1 Å². The topological polar surface area (TPSA) is 85.4 Å². The van der Waals surface area contributed by atoms with Crippen LogP contribution in [0.25, 0.3) is 0 Å². The van der Waals surface area contributed by atoms with Gasteiger partial charge < -0.3 is 19.1 Å². The Hall–Kier alpha value is -4.33. The van der Waals surface area contributed by atoms with E-state index in [1.54, 1.807) is 54.4 Å². The number of benzene rings is 3. The van der Waals surface area contributed by atoms with Crippen LogP contribution in [0.1, 0.15) is 15.9 Å². The molecule has 0 bridgehead atoms. The van der Waals surface area contributed by atoms with E-state index in [4.69, 9.17) is 14.2 Å². The van der Waals surface area contributed by atoms with E-state index in [1.807, 2.05) is 30.3 Å². The molecule has 2 amide bonds. The monoisotopic (exact) mass is 474 g/mol. The van der Waals surface area contributed by atoms with Gasteiger partial charge in [0.1, 0.15) is 12.3 Å². The number of amides is 2. The molecule has 3 aromatic rings. The number of nitrogens with zero attached hydrogens (tertiary/aromatic N) is 2. The number of rotatable bonds is 9. The lowest BCUT2D eigenvalue weighted by Gasteiger charge is -2.30. The summed E-state index contributed by atoms with van der Waals surface area (Å²) in [7, 11) is 3.22. The van der Waals surface area contributed by atoms with E-state index >= 15 is 0 Å². The average molecular weight is 475 g/mol. The van der Waals surface area contributed by atoms with Gasteiger partial charge in [-0.15, -0.1) is 0 Å². The predicted octanol–water partition coefficient (Wildman–Crippen LogP) is 3.34. The Morgan fingerprint density at radius 3 is 2.46 bits per heavy atom. The molecule has 1 heterocycles. The first-order valence-electron chi connectivity index (χ1n) is 11.1. The molecule has 0 atom stereocenters. The number of hydrogen-bond donors (Lipinski definition) is 0. The van der Waals surface area contributed by atoms with Crippen molar-refractivity contribution in [2.45, 2.75) is 6.54 Å². The van der Waals surface area contributed by atoms with Crippen molar-refractivity contribution < 1.29 is 28.6 Å². The SMILES string of the molecule is COc1ccccc1OCC(=O)c1ccc2c(c1)N(CC(=O)N(C)Cc1ccccc1)C(=O)CO2. The largest absolute Gasteiger partial charge is 0.493 e. The summed E-state index contributed by atoms with van der Waals surface area (Å²) in [5.74, 6) is 0.539. The highest BCUT2D eigenvalue weighted by atomic mass is 16.5. The van der Waals surface area contributed by atoms with E-state index in [9.17, 15) is 14.4 Å². The number of methoxy groups -OCH3 is 1. The lowest BCUT2D eigenvalue weighted by Crippen LogP contribution is -2.45. The fourth-order valence-electron chi connectivity index (χ4n) is 3.72. The van der Waals surface area contributed by atoms with Gasteiger partial charge in [0.25, 0.3) is 5.91 Å². The van der Waals surface area contributed by atoms with Gasteiger partial charge in [0.2, 0.25) is 5.91 Å². The van der Waals surface area contributed by atoms with E-state index in [1.165, 1.54) is 12.0 Å². The Morgan fingerprint density at radius 1 is 1.00 bits per heavy atom. The summed E-state index contributed by atoms with van der Waals surface area (Å²) in [5.41, 5.74) is 1.71. The van der Waals surface area contributed by atoms with Gasteiger partial charge in [-0.25, -0.2) is 0 Å². The van der Waals surface area contributed by atoms with E-state index in [-0.39, 0.29) is 37.4 Å². The molecule has 0 radical (unpaired) electrons. The van der Waals surface area contributed by atoms with E-state index < -0.39 is 0 Å². The third-order valence-electron chi connectivity index (χ3n) is 5.63. The number of Topliss-reactive ketones (excluding diaryl/α,β-unsaturated/α-hetero) is 1. The van der Waals surface area contributed by atoms with E-state index in [2.05, 4.69) is 0 Å². The minimum Gasteiger partial charge on any atom is -0.493 e. The molecule has 0 unspecified atom stereocenters. The molecular weight excluding hydrogens is 448 g/mol. The molecule has 0 aromatic heterocycles. The molecule has 1 aliphatic rings. The maximum atomic E-state index is 12.9. The normalized spacial score (nSPS) is 12.4. The van der Waals surface area contributed by atoms with Gasteiger partial charge in [-0.1, -0.05) is 42.5 Å². The summed E-state index contributed by atoms with van der Waals surface area (Å²) in [6.45, 7) is -0.128. The summed E-state index contributed by atoms with van der Waals surface area (Å²) in [6, 6.07) is 21.4. The first-order valence-corrected chi connectivity index (χ1v) is 11.1. The van der Waals surface area contributed by atoms with Crippen LogP contribution in [0.2, 0.25) is 0 Å². The molecule has 0 aliphatic carbocycles. The van der Waals surface area contributed by atoms with Crippen molar-refractivity contribution >= 4 is 23.3 Å². The van der Waals surface area contributed by atoms with Crippen molar-refractivity contribution in [3.05, 3.63) is 83.9 Å². The van der Waals surface area contributed by atoms with Gasteiger partial charge in [0.05, 0.1) is 12.8 Å². The summed E-state index contributed by atoms with van der Waals surface area (Å²) in [5, 5.41) is 0. The van der Waals surface area contributed by atoms with E-state index in [0.717, 1.165) is 5.56 Å². The number of ether oxygens (including phenoxy) is 3. The van der Waals surface area contributed by atoms with Crippen LogP contribution in [-0.2, 0) is 16.1 Å². The zero-order valence-corrected chi connectivity index (χ0v) is 19.6. The van der Waals surface area contributed by atoms with E-state index in [0.29, 0.717) is 35.0 Å². The Bertz CT molecular complexity index is 1230. The standard InChI is InChI=1S/C27H26N2O6/c1-28(15-19-8-4-3-5-9-19)26(31)16-29-21-14-20(12-13-23(21)35-18-27(29)32)22(30)17-34-25-11-7-6-10-24(25)33-2/h3-14H,15-18H2,1-2H3. The molecule has 8 heteroatoms. The fourth-order valence-corrected chi connectivity index (χ4v) is 3.72. The maximum absolute atomic E-state index is 12.9. The Balaban J connectivity index is 1.47. The smallest absolute Gasteiger partial charge is 0.265 e. The second kappa shape index (κ2) is 10.7. The van der Waals surface area contributed by atoms with Gasteiger partial charge in [-0.3, -0.25) is 19.3 Å². The second-order valence-electron chi connectivity index (χ2n) is 8.05. The number of likely N-dealkylation sites (N-methyl/N-ethyl adjacent to an activating group) is 1. The van der Waals surface area contributed by atoms with Crippen molar-refractivity contribution in [3.63, 3.8) is 0 Å². The van der Waals surface area contributed by atoms with Crippen LogP contribution in [0.3, 0.4) is 0 Å². The first-order chi connectivity index (χ1) is 17.0. The first kappa shape index (κ1) is 23.8. The minimum absolute atomic E-state index is 0.159. The summed E-state index contributed by atoms with van der Waals surface area (Å²) < 4.78 is 16.4. The van der Waals surface area contributed by atoms with Crippen molar-refractivity contribution in [1.29, 1.82) is 0 Å². The zero-order chi connectivity index (χ0) is 24.8.